The van der Waals surface area contributed by atoms with Gasteiger partial charge in [-0.3, -0.25) is 14.9 Å². The third-order valence-corrected chi connectivity index (χ3v) is 5.03. The maximum atomic E-state index is 12.3. The van der Waals surface area contributed by atoms with Gasteiger partial charge in [-0.25, -0.2) is 8.42 Å². The van der Waals surface area contributed by atoms with Crippen LogP contribution in [-0.4, -0.2) is 48.7 Å². The summed E-state index contributed by atoms with van der Waals surface area (Å²) in [4.78, 5) is 23.8. The molecule has 0 aliphatic carbocycles. The van der Waals surface area contributed by atoms with E-state index in [4.69, 9.17) is 5.73 Å². The van der Waals surface area contributed by atoms with E-state index >= 15 is 0 Å². The molecule has 1 aromatic rings. The molecule has 9 heteroatoms. The van der Waals surface area contributed by atoms with Crippen molar-refractivity contribution in [1.29, 1.82) is 0 Å². The normalized spacial score (nSPS) is 18.0. The van der Waals surface area contributed by atoms with Crippen molar-refractivity contribution in [2.24, 2.45) is 0 Å². The Bertz CT molecular complexity index is 686. The van der Waals surface area contributed by atoms with Crippen molar-refractivity contribution in [1.82, 2.24) is 4.90 Å². The molecular formula is C12H15N3O5S. The van der Waals surface area contributed by atoms with Crippen LogP contribution >= 0.6 is 0 Å². The van der Waals surface area contributed by atoms with Crippen LogP contribution in [0.15, 0.2) is 18.2 Å². The lowest BCUT2D eigenvalue weighted by molar-refractivity contribution is -0.383. The summed E-state index contributed by atoms with van der Waals surface area (Å²) >= 11 is 0. The molecule has 1 aliphatic rings. The summed E-state index contributed by atoms with van der Waals surface area (Å²) in [6.07, 6.45) is 0.385. The SMILES string of the molecule is Nc1cc(C(=O)N2CCCS(=O)(=O)CC2)ccc1[N+](=O)[O-]. The maximum absolute atomic E-state index is 12.3. The monoisotopic (exact) mass is 313 g/mol. The lowest BCUT2D eigenvalue weighted by Gasteiger charge is -2.19. The minimum atomic E-state index is -3.10. The number of sulfone groups is 1. The highest BCUT2D eigenvalue weighted by Crippen LogP contribution is 2.23. The van der Waals surface area contributed by atoms with Gasteiger partial charge in [0.05, 0.1) is 16.4 Å². The smallest absolute Gasteiger partial charge is 0.292 e. The second-order valence-electron chi connectivity index (χ2n) is 4.83. The standard InChI is InChI=1S/C12H15N3O5S/c13-10-8-9(2-3-11(10)15(17)18)12(16)14-4-1-6-21(19,20)7-5-14/h2-3,8H,1,4-7,13H2. The molecule has 2 N–H and O–H groups in total. The number of rotatable bonds is 2. The Hall–Kier alpha value is -2.16. The summed E-state index contributed by atoms with van der Waals surface area (Å²) in [6.45, 7) is 0.465. The molecule has 0 aromatic heterocycles. The minimum Gasteiger partial charge on any atom is -0.393 e. The van der Waals surface area contributed by atoms with Gasteiger partial charge in [0.25, 0.3) is 11.6 Å². The van der Waals surface area contributed by atoms with Crippen molar-refractivity contribution < 1.29 is 18.1 Å². The zero-order valence-corrected chi connectivity index (χ0v) is 12.0. The summed E-state index contributed by atoms with van der Waals surface area (Å²) < 4.78 is 23.0. The first-order valence-corrected chi connectivity index (χ1v) is 8.16. The Kier molecular flexibility index (Phi) is 4.12. The van der Waals surface area contributed by atoms with E-state index in [-0.39, 0.29) is 40.9 Å². The van der Waals surface area contributed by atoms with Crippen LogP contribution in [0.4, 0.5) is 11.4 Å². The van der Waals surface area contributed by atoms with Gasteiger partial charge in [0.1, 0.15) is 5.69 Å². The number of carbonyl (C=O) groups is 1. The molecule has 114 valence electrons. The average molecular weight is 313 g/mol. The van der Waals surface area contributed by atoms with Crippen LogP contribution in [0.3, 0.4) is 0 Å². The van der Waals surface area contributed by atoms with Gasteiger partial charge in [-0.15, -0.1) is 0 Å². The number of hydrogen-bond acceptors (Lipinski definition) is 6. The first-order chi connectivity index (χ1) is 9.80. The number of nitrogen functional groups attached to an aromatic ring is 1. The van der Waals surface area contributed by atoms with Crippen LogP contribution in [0.1, 0.15) is 16.8 Å². The lowest BCUT2D eigenvalue weighted by atomic mass is 10.1. The summed E-state index contributed by atoms with van der Waals surface area (Å²) in [5.41, 5.74) is 5.43. The van der Waals surface area contributed by atoms with Crippen molar-refractivity contribution in [2.75, 3.05) is 30.3 Å². The van der Waals surface area contributed by atoms with E-state index in [9.17, 15) is 23.3 Å². The number of nitrogens with two attached hydrogens (primary N) is 1. The molecule has 1 aromatic carbocycles. The predicted molar refractivity (Wildman–Crippen MR) is 76.7 cm³/mol. The number of amides is 1. The number of carbonyl (C=O) groups excluding carboxylic acids is 1. The van der Waals surface area contributed by atoms with Crippen LogP contribution in [0.5, 0.6) is 0 Å². The maximum Gasteiger partial charge on any atom is 0.292 e. The van der Waals surface area contributed by atoms with E-state index < -0.39 is 14.8 Å². The molecule has 1 fully saturated rings. The Morgan fingerprint density at radius 2 is 2.00 bits per heavy atom. The van der Waals surface area contributed by atoms with Crippen LogP contribution in [0.2, 0.25) is 0 Å². The third kappa shape index (κ3) is 3.48. The van der Waals surface area contributed by atoms with E-state index in [1.165, 1.54) is 23.1 Å². The van der Waals surface area contributed by atoms with E-state index in [0.717, 1.165) is 0 Å². The fraction of sp³-hybridized carbons (Fsp3) is 0.417. The van der Waals surface area contributed by atoms with Crippen LogP contribution in [-0.2, 0) is 9.84 Å². The zero-order chi connectivity index (χ0) is 15.6. The predicted octanol–water partition coefficient (Wildman–Crippen LogP) is 0.438. The quantitative estimate of drug-likeness (QED) is 0.480. The van der Waals surface area contributed by atoms with Gasteiger partial charge in [0.2, 0.25) is 0 Å². The number of benzene rings is 1. The topological polar surface area (TPSA) is 124 Å². The molecule has 1 saturated heterocycles. The van der Waals surface area contributed by atoms with Crippen molar-refractivity contribution in [2.45, 2.75) is 6.42 Å². The second kappa shape index (κ2) is 5.68. The van der Waals surface area contributed by atoms with Gasteiger partial charge in [0.15, 0.2) is 9.84 Å². The highest BCUT2D eigenvalue weighted by atomic mass is 32.2. The van der Waals surface area contributed by atoms with Crippen molar-refractivity contribution in [3.63, 3.8) is 0 Å². The Morgan fingerprint density at radius 1 is 1.29 bits per heavy atom. The molecule has 0 radical (unpaired) electrons. The third-order valence-electron chi connectivity index (χ3n) is 3.31. The van der Waals surface area contributed by atoms with Gasteiger partial charge < -0.3 is 10.6 Å². The van der Waals surface area contributed by atoms with Gasteiger partial charge in [-0.05, 0) is 18.6 Å². The number of nitro benzene ring substituents is 1. The number of nitrogens with zero attached hydrogens (tertiary/aromatic N) is 2. The highest BCUT2D eigenvalue weighted by Gasteiger charge is 2.24. The van der Waals surface area contributed by atoms with Crippen LogP contribution < -0.4 is 5.73 Å². The molecule has 0 atom stereocenters. The fourth-order valence-electron chi connectivity index (χ4n) is 2.18. The molecule has 0 saturated carbocycles. The lowest BCUT2D eigenvalue weighted by Crippen LogP contribution is -2.33. The summed E-state index contributed by atoms with van der Waals surface area (Å²) in [7, 11) is -3.10. The molecular weight excluding hydrogens is 298 g/mol. The van der Waals surface area contributed by atoms with Gasteiger partial charge >= 0.3 is 0 Å². The van der Waals surface area contributed by atoms with E-state index in [1.54, 1.807) is 0 Å². The van der Waals surface area contributed by atoms with Crippen LogP contribution in [0, 0.1) is 10.1 Å². The molecule has 21 heavy (non-hydrogen) atoms. The molecule has 2 rings (SSSR count). The molecule has 0 spiro atoms. The summed E-state index contributed by atoms with van der Waals surface area (Å²) in [5, 5.41) is 10.7. The second-order valence-corrected chi connectivity index (χ2v) is 7.13. The first kappa shape index (κ1) is 15.2. The number of anilines is 1. The van der Waals surface area contributed by atoms with Crippen molar-refractivity contribution in [3.8, 4) is 0 Å². The molecule has 0 unspecified atom stereocenters. The van der Waals surface area contributed by atoms with E-state index in [1.807, 2.05) is 0 Å². The molecule has 8 nitrogen and oxygen atoms in total. The Balaban J connectivity index is 2.20. The molecule has 0 bridgehead atoms. The molecule has 1 heterocycles. The van der Waals surface area contributed by atoms with Crippen LogP contribution in [0.25, 0.3) is 0 Å². The van der Waals surface area contributed by atoms with Crippen molar-refractivity contribution >= 4 is 27.1 Å². The van der Waals surface area contributed by atoms with E-state index in [2.05, 4.69) is 0 Å². The number of hydrogen-bond donors (Lipinski definition) is 1. The fourth-order valence-corrected chi connectivity index (χ4v) is 3.45. The highest BCUT2D eigenvalue weighted by molar-refractivity contribution is 7.91. The summed E-state index contributed by atoms with van der Waals surface area (Å²) in [6, 6.07) is 3.76. The number of nitro groups is 1. The van der Waals surface area contributed by atoms with Gasteiger partial charge in [0, 0.05) is 24.7 Å². The molecule has 1 aliphatic heterocycles. The Morgan fingerprint density at radius 3 is 2.62 bits per heavy atom. The largest absolute Gasteiger partial charge is 0.393 e. The summed E-state index contributed by atoms with van der Waals surface area (Å²) in [5.74, 6) is -0.367. The van der Waals surface area contributed by atoms with Crippen molar-refractivity contribution in [3.05, 3.63) is 33.9 Å². The first-order valence-electron chi connectivity index (χ1n) is 6.34. The van der Waals surface area contributed by atoms with Gasteiger partial charge in [-0.1, -0.05) is 0 Å². The van der Waals surface area contributed by atoms with Gasteiger partial charge in [-0.2, -0.15) is 0 Å². The average Bonchev–Trinajstić information content (AvgIpc) is 2.58. The minimum absolute atomic E-state index is 0.0683. The van der Waals surface area contributed by atoms with E-state index in [0.29, 0.717) is 13.0 Å². The Labute approximate surface area is 121 Å². The zero-order valence-electron chi connectivity index (χ0n) is 11.2. The molecule has 1 amide bonds.